The Morgan fingerprint density at radius 2 is 1.83 bits per heavy atom. The van der Waals surface area contributed by atoms with Gasteiger partial charge >= 0.3 is 0 Å². The van der Waals surface area contributed by atoms with Gasteiger partial charge in [-0.2, -0.15) is 0 Å². The van der Waals surface area contributed by atoms with E-state index in [1.165, 1.54) is 16.7 Å². The quantitative estimate of drug-likeness (QED) is 0.243. The number of halogens is 2. The molecule has 8 heteroatoms. The molecule has 5 rings (SSSR count). The molecule has 2 unspecified atom stereocenters. The number of thioether (sulfide) groups is 1. The molecular formula is C28H26Cl2N4OS. The highest BCUT2D eigenvalue weighted by Gasteiger charge is 2.44. The number of aryl methyl sites for hydroxylation is 1. The zero-order chi connectivity index (χ0) is 25.2. The normalized spacial score (nSPS) is 17.6. The summed E-state index contributed by atoms with van der Waals surface area (Å²) in [6.07, 6.45) is 0.857. The Labute approximate surface area is 225 Å². The highest BCUT2D eigenvalue weighted by molar-refractivity contribution is 7.98. The maximum absolute atomic E-state index is 13.1. The summed E-state index contributed by atoms with van der Waals surface area (Å²) in [7, 11) is 0. The average molecular weight is 538 g/mol. The number of rotatable bonds is 8. The van der Waals surface area contributed by atoms with E-state index in [9.17, 15) is 4.79 Å². The molecule has 3 atom stereocenters. The van der Waals surface area contributed by atoms with Crippen LogP contribution in [0.15, 0.2) is 78.0 Å². The second-order valence-corrected chi connectivity index (χ2v) is 10.9. The van der Waals surface area contributed by atoms with Crippen LogP contribution in [0.1, 0.15) is 47.8 Å². The molecule has 184 valence electrons. The minimum absolute atomic E-state index is 0.0276. The van der Waals surface area contributed by atoms with Crippen molar-refractivity contribution in [3.05, 3.63) is 105 Å². The first-order chi connectivity index (χ1) is 17.4. The van der Waals surface area contributed by atoms with Crippen LogP contribution in [0, 0.1) is 12.8 Å². The van der Waals surface area contributed by atoms with E-state index < -0.39 is 0 Å². The van der Waals surface area contributed by atoms with Gasteiger partial charge in [0.25, 0.3) is 0 Å². The van der Waals surface area contributed by atoms with Crippen molar-refractivity contribution in [3.8, 4) is 5.69 Å². The highest BCUT2D eigenvalue weighted by Crippen LogP contribution is 2.47. The van der Waals surface area contributed by atoms with Crippen LogP contribution in [0.2, 0.25) is 10.0 Å². The SMILES string of the molecule is Cc1ccccc1CSc1nnc(C(C)NC(=O)C2C[C@H]2c2ccccc2)n1-c1ccc(Cl)cc1Cl. The number of amides is 1. The zero-order valence-electron chi connectivity index (χ0n) is 20.0. The maximum atomic E-state index is 13.1. The number of carbonyl (C=O) groups excluding carboxylic acids is 1. The second-order valence-electron chi connectivity index (χ2n) is 9.08. The van der Waals surface area contributed by atoms with E-state index in [2.05, 4.69) is 46.7 Å². The molecule has 1 amide bonds. The van der Waals surface area contributed by atoms with Crippen molar-refractivity contribution in [2.45, 2.75) is 43.1 Å². The van der Waals surface area contributed by atoms with Gasteiger partial charge in [0.1, 0.15) is 0 Å². The Hall–Kier alpha value is -2.80. The molecule has 5 nitrogen and oxygen atoms in total. The first-order valence-electron chi connectivity index (χ1n) is 11.9. The number of nitrogens with zero attached hydrogens (tertiary/aromatic N) is 3. The molecule has 0 radical (unpaired) electrons. The Bertz CT molecular complexity index is 1390. The molecule has 0 aliphatic heterocycles. The standard InChI is InChI=1S/C28H26Cl2N4OS/c1-17-8-6-7-11-20(17)16-36-28-33-32-26(34(28)25-13-12-21(29)14-24(25)30)18(2)31-27(35)23-15-22(23)19-9-4-3-5-10-19/h3-14,18,22-23H,15-16H2,1-2H3,(H,31,35)/t18?,22-,23?/m0/s1. The van der Waals surface area contributed by atoms with Crippen LogP contribution in [-0.2, 0) is 10.5 Å². The van der Waals surface area contributed by atoms with Gasteiger partial charge in [-0.05, 0) is 61.1 Å². The van der Waals surface area contributed by atoms with Crippen molar-refractivity contribution in [2.75, 3.05) is 0 Å². The third kappa shape index (κ3) is 5.31. The van der Waals surface area contributed by atoms with E-state index in [0.29, 0.717) is 21.0 Å². The van der Waals surface area contributed by atoms with Gasteiger partial charge in [0.15, 0.2) is 11.0 Å². The highest BCUT2D eigenvalue weighted by atomic mass is 35.5. The molecule has 4 aromatic rings. The summed E-state index contributed by atoms with van der Waals surface area (Å²) in [5, 5.41) is 13.9. The van der Waals surface area contributed by atoms with E-state index in [-0.39, 0.29) is 23.8 Å². The van der Waals surface area contributed by atoms with Gasteiger partial charge in [-0.1, -0.05) is 89.6 Å². The Balaban J connectivity index is 1.39. The third-order valence-electron chi connectivity index (χ3n) is 6.53. The molecule has 3 aromatic carbocycles. The summed E-state index contributed by atoms with van der Waals surface area (Å²) in [6, 6.07) is 23.5. The average Bonchev–Trinajstić information content (AvgIpc) is 3.57. The van der Waals surface area contributed by atoms with E-state index in [4.69, 9.17) is 23.2 Å². The number of hydrogen-bond acceptors (Lipinski definition) is 4. The number of aromatic nitrogens is 3. The summed E-state index contributed by atoms with van der Waals surface area (Å²) < 4.78 is 1.92. The fourth-order valence-electron chi connectivity index (χ4n) is 4.40. The van der Waals surface area contributed by atoms with Crippen LogP contribution >= 0.6 is 35.0 Å². The van der Waals surface area contributed by atoms with E-state index >= 15 is 0 Å². The summed E-state index contributed by atoms with van der Waals surface area (Å²) in [5.41, 5.74) is 4.38. The molecule has 1 saturated carbocycles. The topological polar surface area (TPSA) is 59.8 Å². The molecule has 36 heavy (non-hydrogen) atoms. The molecule has 1 fully saturated rings. The molecule has 1 aliphatic carbocycles. The summed E-state index contributed by atoms with van der Waals surface area (Å²) in [6.45, 7) is 4.03. The maximum Gasteiger partial charge on any atom is 0.224 e. The Kier molecular flexibility index (Phi) is 7.37. The summed E-state index contributed by atoms with van der Waals surface area (Å²) in [4.78, 5) is 13.1. The number of benzene rings is 3. The van der Waals surface area contributed by atoms with Gasteiger partial charge in [-0.15, -0.1) is 10.2 Å². The Morgan fingerprint density at radius 3 is 2.58 bits per heavy atom. The minimum atomic E-state index is -0.360. The van der Waals surface area contributed by atoms with Crippen LogP contribution in [-0.4, -0.2) is 20.7 Å². The zero-order valence-corrected chi connectivity index (χ0v) is 22.3. The van der Waals surface area contributed by atoms with Gasteiger partial charge in [0.2, 0.25) is 5.91 Å². The number of nitrogens with one attached hydrogen (secondary N) is 1. The van der Waals surface area contributed by atoms with Gasteiger partial charge in [-0.25, -0.2) is 0 Å². The first kappa shape index (κ1) is 24.9. The van der Waals surface area contributed by atoms with Crippen molar-refractivity contribution in [2.24, 2.45) is 5.92 Å². The molecule has 1 aromatic heterocycles. The van der Waals surface area contributed by atoms with Crippen LogP contribution < -0.4 is 5.32 Å². The lowest BCUT2D eigenvalue weighted by atomic mass is 10.1. The van der Waals surface area contributed by atoms with Crippen molar-refractivity contribution >= 4 is 40.9 Å². The fourth-order valence-corrected chi connectivity index (χ4v) is 5.92. The molecule has 1 aliphatic rings. The van der Waals surface area contributed by atoms with Crippen LogP contribution in [0.5, 0.6) is 0 Å². The lowest BCUT2D eigenvalue weighted by Crippen LogP contribution is -2.30. The summed E-state index contributed by atoms with van der Waals surface area (Å²) in [5.74, 6) is 1.62. The largest absolute Gasteiger partial charge is 0.346 e. The van der Waals surface area contributed by atoms with Crippen LogP contribution in [0.4, 0.5) is 0 Å². The monoisotopic (exact) mass is 536 g/mol. The van der Waals surface area contributed by atoms with E-state index in [1.807, 2.05) is 47.9 Å². The number of carbonyl (C=O) groups is 1. The van der Waals surface area contributed by atoms with E-state index in [1.54, 1.807) is 23.9 Å². The van der Waals surface area contributed by atoms with Crippen LogP contribution in [0.25, 0.3) is 5.69 Å². The smallest absolute Gasteiger partial charge is 0.224 e. The number of hydrogen-bond donors (Lipinski definition) is 1. The summed E-state index contributed by atoms with van der Waals surface area (Å²) >= 11 is 14.4. The van der Waals surface area contributed by atoms with Crippen LogP contribution in [0.3, 0.4) is 0 Å². The third-order valence-corrected chi connectivity index (χ3v) is 8.04. The minimum Gasteiger partial charge on any atom is -0.346 e. The fraction of sp³-hybridized carbons (Fsp3) is 0.250. The van der Waals surface area contributed by atoms with Gasteiger partial charge in [-0.3, -0.25) is 9.36 Å². The van der Waals surface area contributed by atoms with Gasteiger partial charge in [0.05, 0.1) is 16.8 Å². The lowest BCUT2D eigenvalue weighted by Gasteiger charge is -2.17. The van der Waals surface area contributed by atoms with Crippen molar-refractivity contribution < 1.29 is 4.79 Å². The predicted octanol–water partition coefficient (Wildman–Crippen LogP) is 7.16. The molecule has 0 spiro atoms. The molecule has 1 heterocycles. The predicted molar refractivity (Wildman–Crippen MR) is 146 cm³/mol. The Morgan fingerprint density at radius 1 is 1.08 bits per heavy atom. The van der Waals surface area contributed by atoms with Crippen molar-refractivity contribution in [1.29, 1.82) is 0 Å². The first-order valence-corrected chi connectivity index (χ1v) is 13.6. The van der Waals surface area contributed by atoms with E-state index in [0.717, 1.165) is 17.9 Å². The van der Waals surface area contributed by atoms with Gasteiger partial charge < -0.3 is 5.32 Å². The molecule has 0 saturated heterocycles. The second kappa shape index (κ2) is 10.7. The van der Waals surface area contributed by atoms with Crippen molar-refractivity contribution in [3.63, 3.8) is 0 Å². The van der Waals surface area contributed by atoms with Crippen molar-refractivity contribution in [1.82, 2.24) is 20.1 Å². The molecule has 1 N–H and O–H groups in total. The molecule has 0 bridgehead atoms. The van der Waals surface area contributed by atoms with Gasteiger partial charge in [0, 0.05) is 16.7 Å². The lowest BCUT2D eigenvalue weighted by molar-refractivity contribution is -0.123. The molecular weight excluding hydrogens is 511 g/mol.